The van der Waals surface area contributed by atoms with E-state index in [2.05, 4.69) is 39.6 Å². The Bertz CT molecular complexity index is 325. The molecule has 0 aliphatic carbocycles. The van der Waals surface area contributed by atoms with Crippen LogP contribution in [0, 0.1) is 0 Å². The third-order valence-electron chi connectivity index (χ3n) is 2.23. The highest BCUT2D eigenvalue weighted by atomic mass is 32.1. The van der Waals surface area contributed by atoms with Gasteiger partial charge in [0.15, 0.2) is 5.96 Å². The number of guanidine groups is 1. The van der Waals surface area contributed by atoms with Crippen molar-refractivity contribution in [3.05, 3.63) is 22.4 Å². The van der Waals surface area contributed by atoms with Crippen LogP contribution in [0.1, 0.15) is 11.8 Å². The third-order valence-corrected chi connectivity index (χ3v) is 3.09. The summed E-state index contributed by atoms with van der Waals surface area (Å²) in [6, 6.07) is 4.21. The largest absolute Gasteiger partial charge is 0.383 e. The van der Waals surface area contributed by atoms with Crippen molar-refractivity contribution in [2.75, 3.05) is 33.9 Å². The molecule has 0 atom stereocenters. The van der Waals surface area contributed by atoms with Gasteiger partial charge in [0.2, 0.25) is 0 Å². The number of methoxy groups -OCH3 is 1. The molecule has 0 saturated heterocycles. The van der Waals surface area contributed by atoms with Gasteiger partial charge in [0.05, 0.1) is 19.7 Å². The summed E-state index contributed by atoms with van der Waals surface area (Å²) in [6.07, 6.45) is 0. The van der Waals surface area contributed by atoms with Gasteiger partial charge in [-0.2, -0.15) is 0 Å². The van der Waals surface area contributed by atoms with Crippen LogP contribution in [-0.2, 0) is 11.3 Å². The first kappa shape index (κ1) is 14.0. The standard InChI is InChI=1S/C12H21N3OS/c1-4-13-12(14-7-8-16-3)15(2)10-11-6-5-9-17-11/h5-6,9H,4,7-8,10H2,1-3H3,(H,13,14). The molecule has 4 nitrogen and oxygen atoms in total. The molecule has 1 aromatic rings. The van der Waals surface area contributed by atoms with Crippen LogP contribution in [0.3, 0.4) is 0 Å². The molecule has 5 heteroatoms. The Morgan fingerprint density at radius 2 is 2.41 bits per heavy atom. The quantitative estimate of drug-likeness (QED) is 0.478. The molecule has 0 aliphatic heterocycles. The maximum absolute atomic E-state index is 5.00. The highest BCUT2D eigenvalue weighted by Crippen LogP contribution is 2.10. The van der Waals surface area contributed by atoms with Crippen molar-refractivity contribution in [1.82, 2.24) is 10.2 Å². The summed E-state index contributed by atoms with van der Waals surface area (Å²) in [5, 5.41) is 5.37. The Morgan fingerprint density at radius 1 is 1.59 bits per heavy atom. The highest BCUT2D eigenvalue weighted by molar-refractivity contribution is 7.09. The first-order chi connectivity index (χ1) is 8.27. The molecule has 96 valence electrons. The second-order valence-electron chi connectivity index (χ2n) is 3.66. The summed E-state index contributed by atoms with van der Waals surface area (Å²) in [5.41, 5.74) is 0. The lowest BCUT2D eigenvalue weighted by atomic mass is 10.4. The number of hydrogen-bond donors (Lipinski definition) is 1. The summed E-state index contributed by atoms with van der Waals surface area (Å²) in [4.78, 5) is 7.96. The number of nitrogens with zero attached hydrogens (tertiary/aromatic N) is 2. The maximum atomic E-state index is 5.00. The predicted octanol–water partition coefficient (Wildman–Crippen LogP) is 1.79. The Morgan fingerprint density at radius 3 is 3.00 bits per heavy atom. The number of nitrogens with one attached hydrogen (secondary N) is 1. The van der Waals surface area contributed by atoms with E-state index in [1.54, 1.807) is 18.4 Å². The van der Waals surface area contributed by atoms with Crippen molar-refractivity contribution in [3.8, 4) is 0 Å². The third kappa shape index (κ3) is 5.19. The average Bonchev–Trinajstić information content (AvgIpc) is 2.81. The monoisotopic (exact) mass is 255 g/mol. The van der Waals surface area contributed by atoms with Gasteiger partial charge in [-0.05, 0) is 18.4 Å². The molecule has 1 N–H and O–H groups in total. The lowest BCUT2D eigenvalue weighted by molar-refractivity contribution is 0.207. The van der Waals surface area contributed by atoms with Crippen molar-refractivity contribution in [2.45, 2.75) is 13.5 Å². The van der Waals surface area contributed by atoms with E-state index in [1.807, 2.05) is 7.05 Å². The van der Waals surface area contributed by atoms with Gasteiger partial charge in [0.1, 0.15) is 0 Å². The summed E-state index contributed by atoms with van der Waals surface area (Å²) in [7, 11) is 3.74. The summed E-state index contributed by atoms with van der Waals surface area (Å²) in [6.45, 7) is 5.18. The van der Waals surface area contributed by atoms with Gasteiger partial charge in [-0.25, -0.2) is 0 Å². The van der Waals surface area contributed by atoms with Crippen molar-refractivity contribution < 1.29 is 4.74 Å². The lowest BCUT2D eigenvalue weighted by Crippen LogP contribution is -2.38. The molecule has 1 rings (SSSR count). The zero-order valence-corrected chi connectivity index (χ0v) is 11.6. The lowest BCUT2D eigenvalue weighted by Gasteiger charge is -2.21. The van der Waals surface area contributed by atoms with Gasteiger partial charge in [-0.3, -0.25) is 4.99 Å². The zero-order valence-electron chi connectivity index (χ0n) is 10.8. The van der Waals surface area contributed by atoms with Crippen LogP contribution in [0.2, 0.25) is 0 Å². The summed E-state index contributed by atoms with van der Waals surface area (Å²) >= 11 is 1.77. The fraction of sp³-hybridized carbons (Fsp3) is 0.583. The number of thiophene rings is 1. The van der Waals surface area contributed by atoms with Crippen LogP contribution in [-0.4, -0.2) is 44.7 Å². The Kier molecular flexibility index (Phi) is 6.65. The highest BCUT2D eigenvalue weighted by Gasteiger charge is 2.06. The molecule has 1 heterocycles. The van der Waals surface area contributed by atoms with Crippen LogP contribution in [0.15, 0.2) is 22.5 Å². The topological polar surface area (TPSA) is 36.9 Å². The first-order valence-corrected chi connectivity index (χ1v) is 6.66. The molecular formula is C12H21N3OS. The second-order valence-corrected chi connectivity index (χ2v) is 4.70. The zero-order chi connectivity index (χ0) is 12.5. The minimum Gasteiger partial charge on any atom is -0.383 e. The van der Waals surface area contributed by atoms with Crippen LogP contribution in [0.4, 0.5) is 0 Å². The molecule has 0 bridgehead atoms. The van der Waals surface area contributed by atoms with Gasteiger partial charge in [0.25, 0.3) is 0 Å². The summed E-state index contributed by atoms with van der Waals surface area (Å²) in [5.74, 6) is 0.929. The number of hydrogen-bond acceptors (Lipinski definition) is 3. The smallest absolute Gasteiger partial charge is 0.194 e. The van der Waals surface area contributed by atoms with Crippen molar-refractivity contribution in [3.63, 3.8) is 0 Å². The minimum atomic E-state index is 0.655. The van der Waals surface area contributed by atoms with E-state index in [4.69, 9.17) is 4.74 Å². The molecule has 0 radical (unpaired) electrons. The molecule has 0 aromatic carbocycles. The van der Waals surface area contributed by atoms with Gasteiger partial charge in [-0.15, -0.1) is 11.3 Å². The van der Waals surface area contributed by atoms with E-state index >= 15 is 0 Å². The van der Waals surface area contributed by atoms with E-state index in [0.717, 1.165) is 19.0 Å². The van der Waals surface area contributed by atoms with Crippen LogP contribution < -0.4 is 5.32 Å². The van der Waals surface area contributed by atoms with E-state index < -0.39 is 0 Å². The van der Waals surface area contributed by atoms with Gasteiger partial charge in [0, 0.05) is 25.6 Å². The van der Waals surface area contributed by atoms with Crippen molar-refractivity contribution in [1.29, 1.82) is 0 Å². The summed E-state index contributed by atoms with van der Waals surface area (Å²) < 4.78 is 5.00. The first-order valence-electron chi connectivity index (χ1n) is 5.78. The number of aliphatic imine (C=N–C) groups is 1. The molecule has 0 fully saturated rings. The van der Waals surface area contributed by atoms with Crippen LogP contribution in [0.25, 0.3) is 0 Å². The minimum absolute atomic E-state index is 0.655. The normalized spacial score (nSPS) is 11.6. The SMILES string of the molecule is CCNC(=NCCOC)N(C)Cc1cccs1. The van der Waals surface area contributed by atoms with Gasteiger partial charge in [-0.1, -0.05) is 6.07 Å². The molecule has 0 saturated carbocycles. The molecule has 0 aliphatic rings. The fourth-order valence-corrected chi connectivity index (χ4v) is 2.18. The number of rotatable bonds is 6. The van der Waals surface area contributed by atoms with Gasteiger partial charge < -0.3 is 15.0 Å². The molecule has 1 aromatic heterocycles. The van der Waals surface area contributed by atoms with E-state index in [0.29, 0.717) is 13.2 Å². The molecular weight excluding hydrogens is 234 g/mol. The Balaban J connectivity index is 2.53. The van der Waals surface area contributed by atoms with Crippen molar-refractivity contribution >= 4 is 17.3 Å². The Labute approximate surface area is 107 Å². The fourth-order valence-electron chi connectivity index (χ4n) is 1.42. The maximum Gasteiger partial charge on any atom is 0.194 e. The molecule has 0 spiro atoms. The van der Waals surface area contributed by atoms with Gasteiger partial charge >= 0.3 is 0 Å². The van der Waals surface area contributed by atoms with E-state index in [1.165, 1.54) is 4.88 Å². The second kappa shape index (κ2) is 8.08. The Hall–Kier alpha value is -1.07. The van der Waals surface area contributed by atoms with Crippen LogP contribution in [0.5, 0.6) is 0 Å². The molecule has 17 heavy (non-hydrogen) atoms. The van der Waals surface area contributed by atoms with E-state index in [9.17, 15) is 0 Å². The molecule has 0 amide bonds. The number of ether oxygens (including phenoxy) is 1. The predicted molar refractivity (Wildman–Crippen MR) is 73.6 cm³/mol. The van der Waals surface area contributed by atoms with Crippen LogP contribution >= 0.6 is 11.3 Å². The average molecular weight is 255 g/mol. The molecule has 0 unspecified atom stereocenters. The van der Waals surface area contributed by atoms with E-state index in [-0.39, 0.29) is 0 Å². The van der Waals surface area contributed by atoms with Crippen molar-refractivity contribution in [2.24, 2.45) is 4.99 Å².